The van der Waals surface area contributed by atoms with E-state index in [9.17, 15) is 9.59 Å². The lowest BCUT2D eigenvalue weighted by Gasteiger charge is -2.23. The smallest absolute Gasteiger partial charge is 0.234 e. The third-order valence-corrected chi connectivity index (χ3v) is 5.85. The molecule has 0 radical (unpaired) electrons. The maximum absolute atomic E-state index is 12.2. The Balaban J connectivity index is 1.55. The summed E-state index contributed by atoms with van der Waals surface area (Å²) in [6.07, 6.45) is 2.32. The zero-order valence-electron chi connectivity index (χ0n) is 14.4. The molecule has 2 aliphatic heterocycles. The van der Waals surface area contributed by atoms with Crippen LogP contribution in [0.25, 0.3) is 0 Å². The highest BCUT2D eigenvalue weighted by atomic mass is 32.2. The van der Waals surface area contributed by atoms with Crippen LogP contribution in [0.15, 0.2) is 24.3 Å². The molecule has 0 bridgehead atoms. The van der Waals surface area contributed by atoms with Crippen LogP contribution < -0.4 is 16.4 Å². The molecule has 2 unspecified atom stereocenters. The van der Waals surface area contributed by atoms with Crippen molar-refractivity contribution in [3.8, 4) is 0 Å². The van der Waals surface area contributed by atoms with Crippen LogP contribution in [-0.4, -0.2) is 53.4 Å². The van der Waals surface area contributed by atoms with Crippen molar-refractivity contribution in [3.05, 3.63) is 29.8 Å². The van der Waals surface area contributed by atoms with Crippen LogP contribution in [0, 0.1) is 0 Å². The van der Waals surface area contributed by atoms with Gasteiger partial charge in [-0.15, -0.1) is 0 Å². The van der Waals surface area contributed by atoms with Crippen LogP contribution in [0.2, 0.25) is 0 Å². The van der Waals surface area contributed by atoms with Gasteiger partial charge in [0.1, 0.15) is 0 Å². The summed E-state index contributed by atoms with van der Waals surface area (Å²) in [5.41, 5.74) is 7.37. The van der Waals surface area contributed by atoms with E-state index in [0.29, 0.717) is 13.0 Å². The standard InChI is InChI=1S/C18H26N4O2S/c19-18(24)16-5-2-7-22(16)11-13-3-1-4-14(9-13)21-17(23)10-15-12-25-8-6-20-15/h1,3-4,9,15-16,20H,2,5-8,10-12H2,(H2,19,24)(H,21,23). The predicted octanol–water partition coefficient (Wildman–Crippen LogP) is 1.17. The molecule has 6 nitrogen and oxygen atoms in total. The van der Waals surface area contributed by atoms with Gasteiger partial charge in [0.05, 0.1) is 6.04 Å². The van der Waals surface area contributed by atoms with Gasteiger partial charge in [-0.05, 0) is 37.1 Å². The van der Waals surface area contributed by atoms with Crippen molar-refractivity contribution in [1.82, 2.24) is 10.2 Å². The molecule has 1 aromatic rings. The van der Waals surface area contributed by atoms with E-state index in [1.165, 1.54) is 0 Å². The molecule has 4 N–H and O–H groups in total. The Labute approximate surface area is 152 Å². The van der Waals surface area contributed by atoms with E-state index in [4.69, 9.17) is 5.73 Å². The summed E-state index contributed by atoms with van der Waals surface area (Å²) in [6.45, 7) is 2.53. The van der Waals surface area contributed by atoms with Gasteiger partial charge in [0.15, 0.2) is 0 Å². The number of nitrogens with one attached hydrogen (secondary N) is 2. The molecule has 0 aliphatic carbocycles. The normalized spacial score (nSPS) is 24.2. The molecule has 2 saturated heterocycles. The summed E-state index contributed by atoms with van der Waals surface area (Å²) >= 11 is 1.89. The number of carbonyl (C=O) groups is 2. The third-order valence-electron chi connectivity index (χ3n) is 4.72. The van der Waals surface area contributed by atoms with E-state index in [1.807, 2.05) is 36.0 Å². The second-order valence-corrected chi connectivity index (χ2v) is 7.86. The topological polar surface area (TPSA) is 87.5 Å². The number of hydrogen-bond donors (Lipinski definition) is 3. The fraction of sp³-hybridized carbons (Fsp3) is 0.556. The molecule has 136 valence electrons. The highest BCUT2D eigenvalue weighted by molar-refractivity contribution is 7.99. The van der Waals surface area contributed by atoms with Crippen molar-refractivity contribution in [2.45, 2.75) is 37.9 Å². The maximum atomic E-state index is 12.2. The Morgan fingerprint density at radius 1 is 1.40 bits per heavy atom. The Kier molecular flexibility index (Phi) is 6.34. The molecule has 3 rings (SSSR count). The van der Waals surface area contributed by atoms with Crippen molar-refractivity contribution in [3.63, 3.8) is 0 Å². The van der Waals surface area contributed by atoms with Gasteiger partial charge in [-0.25, -0.2) is 0 Å². The first-order chi connectivity index (χ1) is 12.1. The van der Waals surface area contributed by atoms with Gasteiger partial charge in [-0.3, -0.25) is 14.5 Å². The van der Waals surface area contributed by atoms with Crippen LogP contribution in [0.3, 0.4) is 0 Å². The van der Waals surface area contributed by atoms with Gasteiger partial charge in [-0.2, -0.15) is 11.8 Å². The van der Waals surface area contributed by atoms with Crippen molar-refractivity contribution in [2.75, 3.05) is 29.9 Å². The number of hydrogen-bond acceptors (Lipinski definition) is 5. The molecule has 2 heterocycles. The molecule has 2 amide bonds. The van der Waals surface area contributed by atoms with Crippen molar-refractivity contribution >= 4 is 29.3 Å². The third kappa shape index (κ3) is 5.20. The van der Waals surface area contributed by atoms with Gasteiger partial charge in [-0.1, -0.05) is 12.1 Å². The molecule has 1 aromatic carbocycles. The molecule has 2 atom stereocenters. The van der Waals surface area contributed by atoms with Gasteiger partial charge < -0.3 is 16.4 Å². The number of thioether (sulfide) groups is 1. The summed E-state index contributed by atoms with van der Waals surface area (Å²) in [7, 11) is 0. The number of primary amides is 1. The molecule has 0 saturated carbocycles. The first-order valence-corrected chi connectivity index (χ1v) is 10.0. The predicted molar refractivity (Wildman–Crippen MR) is 101 cm³/mol. The Hall–Kier alpha value is -1.57. The minimum absolute atomic E-state index is 0.0355. The number of benzene rings is 1. The molecule has 7 heteroatoms. The molecule has 0 spiro atoms. The lowest BCUT2D eigenvalue weighted by atomic mass is 10.1. The quantitative estimate of drug-likeness (QED) is 0.707. The van der Waals surface area contributed by atoms with E-state index in [2.05, 4.69) is 15.5 Å². The fourth-order valence-electron chi connectivity index (χ4n) is 3.51. The van der Waals surface area contributed by atoms with E-state index in [1.54, 1.807) is 0 Å². The fourth-order valence-corrected chi connectivity index (χ4v) is 4.46. The Morgan fingerprint density at radius 2 is 2.28 bits per heavy atom. The van der Waals surface area contributed by atoms with Crippen molar-refractivity contribution in [1.29, 1.82) is 0 Å². The number of carbonyl (C=O) groups excluding carboxylic acids is 2. The first kappa shape index (κ1) is 18.2. The minimum Gasteiger partial charge on any atom is -0.368 e. The Bertz CT molecular complexity index is 619. The molecule has 2 fully saturated rings. The van der Waals surface area contributed by atoms with Crippen LogP contribution in [-0.2, 0) is 16.1 Å². The minimum atomic E-state index is -0.250. The summed E-state index contributed by atoms with van der Waals surface area (Å²) in [5, 5.41) is 6.37. The number of likely N-dealkylation sites (tertiary alicyclic amines) is 1. The van der Waals surface area contributed by atoms with Crippen LogP contribution in [0.1, 0.15) is 24.8 Å². The van der Waals surface area contributed by atoms with E-state index < -0.39 is 0 Å². The maximum Gasteiger partial charge on any atom is 0.234 e. The van der Waals surface area contributed by atoms with Gasteiger partial charge >= 0.3 is 0 Å². The van der Waals surface area contributed by atoms with Crippen LogP contribution >= 0.6 is 11.8 Å². The van der Waals surface area contributed by atoms with Crippen LogP contribution in [0.4, 0.5) is 5.69 Å². The highest BCUT2D eigenvalue weighted by Gasteiger charge is 2.28. The summed E-state index contributed by atoms with van der Waals surface area (Å²) < 4.78 is 0. The molecule has 0 aromatic heterocycles. The SMILES string of the molecule is NC(=O)C1CCCN1Cc1cccc(NC(=O)CC2CSCCN2)c1. The van der Waals surface area contributed by atoms with E-state index in [0.717, 1.165) is 48.7 Å². The number of rotatable bonds is 6. The molecular formula is C18H26N4O2S. The van der Waals surface area contributed by atoms with Gasteiger partial charge in [0.2, 0.25) is 11.8 Å². The molecule has 25 heavy (non-hydrogen) atoms. The second kappa shape index (κ2) is 8.69. The van der Waals surface area contributed by atoms with Crippen molar-refractivity contribution in [2.24, 2.45) is 5.73 Å². The average molecular weight is 362 g/mol. The monoisotopic (exact) mass is 362 g/mol. The number of nitrogens with two attached hydrogens (primary N) is 1. The molecule has 2 aliphatic rings. The summed E-state index contributed by atoms with van der Waals surface area (Å²) in [4.78, 5) is 25.9. The lowest BCUT2D eigenvalue weighted by Crippen LogP contribution is -2.40. The number of nitrogens with zero attached hydrogens (tertiary/aromatic N) is 1. The summed E-state index contributed by atoms with van der Waals surface area (Å²) in [5.74, 6) is 1.88. The zero-order valence-corrected chi connectivity index (χ0v) is 15.2. The van der Waals surface area contributed by atoms with Crippen molar-refractivity contribution < 1.29 is 9.59 Å². The van der Waals surface area contributed by atoms with E-state index >= 15 is 0 Å². The van der Waals surface area contributed by atoms with E-state index in [-0.39, 0.29) is 23.9 Å². The average Bonchev–Trinajstić information content (AvgIpc) is 3.04. The van der Waals surface area contributed by atoms with Crippen LogP contribution in [0.5, 0.6) is 0 Å². The Morgan fingerprint density at radius 3 is 3.04 bits per heavy atom. The second-order valence-electron chi connectivity index (χ2n) is 6.71. The van der Waals surface area contributed by atoms with Gasteiger partial charge in [0, 0.05) is 42.7 Å². The number of anilines is 1. The largest absolute Gasteiger partial charge is 0.368 e. The highest BCUT2D eigenvalue weighted by Crippen LogP contribution is 2.21. The lowest BCUT2D eigenvalue weighted by molar-refractivity contribution is -0.122. The molecular weight excluding hydrogens is 336 g/mol. The summed E-state index contributed by atoms with van der Waals surface area (Å²) in [6, 6.07) is 7.92. The zero-order chi connectivity index (χ0) is 17.6. The first-order valence-electron chi connectivity index (χ1n) is 8.85. The van der Waals surface area contributed by atoms with Gasteiger partial charge in [0.25, 0.3) is 0 Å². The number of amides is 2.